The number of piperazine rings is 1. The summed E-state index contributed by atoms with van der Waals surface area (Å²) in [5, 5.41) is 12.3. The van der Waals surface area contributed by atoms with Gasteiger partial charge in [-0.2, -0.15) is 0 Å². The van der Waals surface area contributed by atoms with E-state index in [0.29, 0.717) is 25.2 Å². The van der Waals surface area contributed by atoms with Crippen LogP contribution in [0.25, 0.3) is 0 Å². The van der Waals surface area contributed by atoms with Gasteiger partial charge in [0.15, 0.2) is 0 Å². The van der Waals surface area contributed by atoms with Crippen molar-refractivity contribution in [3.05, 3.63) is 35.4 Å². The molecule has 0 radical (unpaired) electrons. The number of carboxylic acids is 1. The Labute approximate surface area is 125 Å². The second kappa shape index (κ2) is 5.85. The molecule has 0 spiro atoms. The Morgan fingerprint density at radius 1 is 1.29 bits per heavy atom. The van der Waals surface area contributed by atoms with E-state index in [1.165, 1.54) is 4.90 Å². The van der Waals surface area contributed by atoms with Gasteiger partial charge in [0, 0.05) is 25.2 Å². The Hall–Kier alpha value is -1.88. The molecule has 5 nitrogen and oxygen atoms in total. The van der Waals surface area contributed by atoms with Crippen LogP contribution in [-0.2, 0) is 10.2 Å². The lowest BCUT2D eigenvalue weighted by Crippen LogP contribution is -2.57. The van der Waals surface area contributed by atoms with E-state index in [1.54, 1.807) is 6.07 Å². The number of amides is 1. The normalized spacial score (nSPS) is 19.4. The quantitative estimate of drug-likeness (QED) is 0.865. The molecule has 1 atom stereocenters. The van der Waals surface area contributed by atoms with Crippen molar-refractivity contribution in [3.8, 4) is 0 Å². The van der Waals surface area contributed by atoms with Crippen LogP contribution in [0.2, 0.25) is 0 Å². The van der Waals surface area contributed by atoms with Crippen molar-refractivity contribution in [3.63, 3.8) is 0 Å². The van der Waals surface area contributed by atoms with Crippen molar-refractivity contribution in [2.24, 2.45) is 0 Å². The number of benzene rings is 1. The van der Waals surface area contributed by atoms with Gasteiger partial charge in [-0.15, -0.1) is 0 Å². The summed E-state index contributed by atoms with van der Waals surface area (Å²) in [6.07, 6.45) is 0. The van der Waals surface area contributed by atoms with Gasteiger partial charge >= 0.3 is 5.97 Å². The molecule has 2 N–H and O–H groups in total. The van der Waals surface area contributed by atoms with Crippen LogP contribution >= 0.6 is 0 Å². The van der Waals surface area contributed by atoms with Gasteiger partial charge in [-0.3, -0.25) is 4.79 Å². The molecule has 1 saturated heterocycles. The first-order chi connectivity index (χ1) is 9.82. The van der Waals surface area contributed by atoms with E-state index in [1.807, 2.05) is 39.0 Å². The molecular weight excluding hydrogens is 268 g/mol. The summed E-state index contributed by atoms with van der Waals surface area (Å²) in [4.78, 5) is 25.6. The van der Waals surface area contributed by atoms with Gasteiger partial charge in [-0.1, -0.05) is 39.0 Å². The number of nitrogens with zero attached hydrogens (tertiary/aromatic N) is 1. The third-order valence-corrected chi connectivity index (χ3v) is 3.75. The summed E-state index contributed by atoms with van der Waals surface area (Å²) in [6, 6.07) is 6.64. The molecule has 1 aromatic carbocycles. The molecule has 1 amide bonds. The minimum atomic E-state index is -0.969. The maximum Gasteiger partial charge on any atom is 0.327 e. The van der Waals surface area contributed by atoms with Gasteiger partial charge in [0.25, 0.3) is 5.91 Å². The second-order valence-corrected chi connectivity index (χ2v) is 6.35. The molecule has 1 aliphatic heterocycles. The van der Waals surface area contributed by atoms with E-state index >= 15 is 0 Å². The molecule has 0 saturated carbocycles. The third-order valence-electron chi connectivity index (χ3n) is 3.75. The van der Waals surface area contributed by atoms with E-state index < -0.39 is 12.0 Å². The Morgan fingerprint density at radius 2 is 1.95 bits per heavy atom. The van der Waals surface area contributed by atoms with E-state index in [4.69, 9.17) is 0 Å². The summed E-state index contributed by atoms with van der Waals surface area (Å²) in [5.41, 5.74) is 1.37. The molecule has 1 aliphatic rings. The predicted octanol–water partition coefficient (Wildman–Crippen LogP) is 1.48. The Kier molecular flexibility index (Phi) is 4.32. The van der Waals surface area contributed by atoms with E-state index in [9.17, 15) is 14.7 Å². The summed E-state index contributed by atoms with van der Waals surface area (Å²) < 4.78 is 0. The number of carbonyl (C=O) groups is 2. The molecule has 114 valence electrons. The third kappa shape index (κ3) is 3.24. The number of aliphatic carboxylic acids is 1. The molecule has 0 bridgehead atoms. The van der Waals surface area contributed by atoms with E-state index in [2.05, 4.69) is 5.32 Å². The zero-order chi connectivity index (χ0) is 15.6. The first-order valence-electron chi connectivity index (χ1n) is 7.16. The molecule has 1 unspecified atom stereocenters. The molecule has 0 aromatic heterocycles. The minimum Gasteiger partial charge on any atom is -0.480 e. The van der Waals surface area contributed by atoms with Crippen molar-refractivity contribution in [2.75, 3.05) is 19.6 Å². The zero-order valence-corrected chi connectivity index (χ0v) is 12.7. The molecule has 2 rings (SSSR count). The molecular formula is C16H22N2O3. The zero-order valence-electron chi connectivity index (χ0n) is 12.7. The number of carboxylic acid groups (broad SMARTS) is 1. The summed E-state index contributed by atoms with van der Waals surface area (Å²) in [6.45, 7) is 7.46. The first-order valence-corrected chi connectivity index (χ1v) is 7.16. The molecule has 1 heterocycles. The minimum absolute atomic E-state index is 0.168. The van der Waals surface area contributed by atoms with Crippen molar-refractivity contribution in [2.45, 2.75) is 32.2 Å². The molecule has 0 aliphatic carbocycles. The number of hydrogen-bond donors (Lipinski definition) is 2. The van der Waals surface area contributed by atoms with E-state index in [-0.39, 0.29) is 11.3 Å². The van der Waals surface area contributed by atoms with Crippen LogP contribution in [0, 0.1) is 0 Å². The maximum absolute atomic E-state index is 12.8. The monoisotopic (exact) mass is 290 g/mol. The summed E-state index contributed by atoms with van der Waals surface area (Å²) >= 11 is 0. The van der Waals surface area contributed by atoms with Crippen LogP contribution in [0.5, 0.6) is 0 Å². The second-order valence-electron chi connectivity index (χ2n) is 6.35. The molecule has 1 aromatic rings. The van der Waals surface area contributed by atoms with Crippen molar-refractivity contribution < 1.29 is 14.7 Å². The highest BCUT2D eigenvalue weighted by molar-refractivity contribution is 5.98. The highest BCUT2D eigenvalue weighted by atomic mass is 16.4. The SMILES string of the molecule is CC(C)(C)c1ccccc1C(=O)N1CCNCC1C(=O)O. The topological polar surface area (TPSA) is 69.6 Å². The molecule has 5 heteroatoms. The van der Waals surface area contributed by atoms with Crippen LogP contribution in [-0.4, -0.2) is 47.6 Å². The number of nitrogens with one attached hydrogen (secondary N) is 1. The Morgan fingerprint density at radius 3 is 2.57 bits per heavy atom. The largest absolute Gasteiger partial charge is 0.480 e. The standard InChI is InChI=1S/C16H22N2O3/c1-16(2,3)12-7-5-4-6-11(12)14(19)18-9-8-17-10-13(18)15(20)21/h4-7,13,17H,8-10H2,1-3H3,(H,20,21). The van der Waals surface area contributed by atoms with Gasteiger partial charge in [0.2, 0.25) is 0 Å². The van der Waals surface area contributed by atoms with Gasteiger partial charge in [0.05, 0.1) is 0 Å². The lowest BCUT2D eigenvalue weighted by atomic mass is 9.83. The van der Waals surface area contributed by atoms with Gasteiger partial charge in [-0.05, 0) is 17.0 Å². The lowest BCUT2D eigenvalue weighted by molar-refractivity contribution is -0.142. The first kappa shape index (κ1) is 15.5. The van der Waals surface area contributed by atoms with Gasteiger partial charge in [-0.25, -0.2) is 4.79 Å². The molecule has 21 heavy (non-hydrogen) atoms. The van der Waals surface area contributed by atoms with Crippen molar-refractivity contribution >= 4 is 11.9 Å². The summed E-state index contributed by atoms with van der Waals surface area (Å²) in [5.74, 6) is -1.17. The van der Waals surface area contributed by atoms with Crippen LogP contribution in [0.3, 0.4) is 0 Å². The van der Waals surface area contributed by atoms with Gasteiger partial charge < -0.3 is 15.3 Å². The number of rotatable bonds is 2. The van der Waals surface area contributed by atoms with Crippen LogP contribution in [0.1, 0.15) is 36.7 Å². The summed E-state index contributed by atoms with van der Waals surface area (Å²) in [7, 11) is 0. The maximum atomic E-state index is 12.8. The fraction of sp³-hybridized carbons (Fsp3) is 0.500. The lowest BCUT2D eigenvalue weighted by Gasteiger charge is -2.34. The van der Waals surface area contributed by atoms with Crippen molar-refractivity contribution in [1.82, 2.24) is 10.2 Å². The smallest absolute Gasteiger partial charge is 0.327 e. The Bertz CT molecular complexity index is 549. The Balaban J connectivity index is 2.37. The highest BCUT2D eigenvalue weighted by Gasteiger charge is 2.34. The highest BCUT2D eigenvalue weighted by Crippen LogP contribution is 2.27. The average Bonchev–Trinajstić information content (AvgIpc) is 2.45. The number of carbonyl (C=O) groups excluding carboxylic acids is 1. The fourth-order valence-corrected chi connectivity index (χ4v) is 2.65. The van der Waals surface area contributed by atoms with Crippen LogP contribution in [0.4, 0.5) is 0 Å². The predicted molar refractivity (Wildman–Crippen MR) is 80.5 cm³/mol. The van der Waals surface area contributed by atoms with Crippen LogP contribution in [0.15, 0.2) is 24.3 Å². The number of hydrogen-bond acceptors (Lipinski definition) is 3. The van der Waals surface area contributed by atoms with Crippen LogP contribution < -0.4 is 5.32 Å². The van der Waals surface area contributed by atoms with Gasteiger partial charge in [0.1, 0.15) is 6.04 Å². The van der Waals surface area contributed by atoms with E-state index in [0.717, 1.165) is 5.56 Å². The molecule has 1 fully saturated rings. The average molecular weight is 290 g/mol. The fourth-order valence-electron chi connectivity index (χ4n) is 2.65. The van der Waals surface area contributed by atoms with Crippen molar-refractivity contribution in [1.29, 1.82) is 0 Å².